The van der Waals surface area contributed by atoms with Gasteiger partial charge in [0.05, 0.1) is 18.4 Å². The van der Waals surface area contributed by atoms with Crippen LogP contribution in [0.4, 0.5) is 13.2 Å². The second-order valence-corrected chi connectivity index (χ2v) is 8.80. The Hall–Kier alpha value is -2.73. The summed E-state index contributed by atoms with van der Waals surface area (Å²) in [5.74, 6) is -4.47. The quantitative estimate of drug-likeness (QED) is 0.346. The van der Waals surface area contributed by atoms with E-state index in [4.69, 9.17) is 16.3 Å². The largest absolute Gasteiger partial charge is 0.394 e. The predicted molar refractivity (Wildman–Crippen MR) is 112 cm³/mol. The normalized spacial score (nSPS) is 24.7. The van der Waals surface area contributed by atoms with Gasteiger partial charge < -0.3 is 20.1 Å². The van der Waals surface area contributed by atoms with Gasteiger partial charge in [0, 0.05) is 16.7 Å². The van der Waals surface area contributed by atoms with Crippen molar-refractivity contribution in [1.82, 2.24) is 20.0 Å². The summed E-state index contributed by atoms with van der Waals surface area (Å²) in [5.41, 5.74) is -1.10. The van der Waals surface area contributed by atoms with Crippen LogP contribution in [0.1, 0.15) is 11.6 Å². The lowest BCUT2D eigenvalue weighted by molar-refractivity contribution is -0.178. The van der Waals surface area contributed by atoms with Gasteiger partial charge in [0.25, 0.3) is 0 Å². The molecule has 1 aliphatic rings. The smallest absolute Gasteiger partial charge is 0.194 e. The molecule has 3 aromatic rings. The summed E-state index contributed by atoms with van der Waals surface area (Å²) in [4.78, 5) is 4.17. The minimum Gasteiger partial charge on any atom is -0.394 e. The molecule has 14 heteroatoms. The Labute approximate surface area is 199 Å². The molecule has 0 saturated carbocycles. The number of aromatic nitrogens is 4. The molecule has 0 amide bonds. The van der Waals surface area contributed by atoms with Crippen LogP contribution in [0.15, 0.2) is 35.5 Å². The van der Waals surface area contributed by atoms with Crippen LogP contribution in [0, 0.1) is 28.8 Å². The van der Waals surface area contributed by atoms with Crippen molar-refractivity contribution in [2.45, 2.75) is 34.7 Å². The van der Waals surface area contributed by atoms with Crippen molar-refractivity contribution in [1.29, 1.82) is 5.26 Å². The Morgan fingerprint density at radius 3 is 2.53 bits per heavy atom. The first-order valence-corrected chi connectivity index (χ1v) is 10.9. The zero-order valence-electron chi connectivity index (χ0n) is 16.9. The van der Waals surface area contributed by atoms with Gasteiger partial charge in [0.1, 0.15) is 46.7 Å². The Kier molecular flexibility index (Phi) is 7.08. The Balaban J connectivity index is 1.66. The number of thioether (sulfide) groups is 1. The Morgan fingerprint density at radius 2 is 1.88 bits per heavy atom. The molecular formula is C20H15ClF3N5O4S. The summed E-state index contributed by atoms with van der Waals surface area (Å²) >= 11 is 6.83. The van der Waals surface area contributed by atoms with E-state index in [1.165, 1.54) is 18.5 Å². The molecule has 5 atom stereocenters. The molecule has 1 fully saturated rings. The van der Waals surface area contributed by atoms with E-state index in [9.17, 15) is 33.8 Å². The number of benzene rings is 1. The Bertz CT molecular complexity index is 1240. The lowest BCUT2D eigenvalue weighted by Crippen LogP contribution is -2.55. The zero-order valence-corrected chi connectivity index (χ0v) is 18.5. The van der Waals surface area contributed by atoms with Crippen LogP contribution in [0.3, 0.4) is 0 Å². The third kappa shape index (κ3) is 4.61. The number of nitrogens with zero attached hydrogens (tertiary/aromatic N) is 5. The van der Waals surface area contributed by atoms with Gasteiger partial charge in [0.15, 0.2) is 17.5 Å². The van der Waals surface area contributed by atoms with Crippen LogP contribution < -0.4 is 0 Å². The number of rotatable bonds is 5. The molecule has 1 saturated heterocycles. The molecule has 1 aromatic carbocycles. The summed E-state index contributed by atoms with van der Waals surface area (Å²) in [7, 11) is 0. The van der Waals surface area contributed by atoms with E-state index in [0.717, 1.165) is 28.6 Å². The highest BCUT2D eigenvalue weighted by atomic mass is 35.5. The van der Waals surface area contributed by atoms with Crippen LogP contribution in [0.2, 0.25) is 5.15 Å². The molecule has 4 rings (SSSR count). The van der Waals surface area contributed by atoms with Crippen LogP contribution in [-0.2, 0) is 4.74 Å². The molecule has 5 unspecified atom stereocenters. The van der Waals surface area contributed by atoms with Crippen molar-refractivity contribution in [3.63, 3.8) is 0 Å². The summed E-state index contributed by atoms with van der Waals surface area (Å²) in [6.07, 6.45) is -1.60. The molecular weight excluding hydrogens is 499 g/mol. The monoisotopic (exact) mass is 513 g/mol. The van der Waals surface area contributed by atoms with Crippen molar-refractivity contribution in [2.24, 2.45) is 0 Å². The van der Waals surface area contributed by atoms with Gasteiger partial charge >= 0.3 is 0 Å². The average molecular weight is 514 g/mol. The van der Waals surface area contributed by atoms with E-state index >= 15 is 0 Å². The summed E-state index contributed by atoms with van der Waals surface area (Å²) in [5, 5.41) is 48.4. The summed E-state index contributed by atoms with van der Waals surface area (Å²) < 4.78 is 47.2. The van der Waals surface area contributed by atoms with Gasteiger partial charge in [-0.25, -0.2) is 22.8 Å². The van der Waals surface area contributed by atoms with E-state index in [-0.39, 0.29) is 22.0 Å². The number of aliphatic hydroxyl groups is 3. The number of ether oxygens (including phenoxy) is 1. The fourth-order valence-corrected chi connectivity index (χ4v) is 4.83. The molecule has 0 spiro atoms. The van der Waals surface area contributed by atoms with Crippen LogP contribution >= 0.6 is 23.4 Å². The number of nitriles is 1. The van der Waals surface area contributed by atoms with Gasteiger partial charge in [0.2, 0.25) is 0 Å². The molecule has 34 heavy (non-hydrogen) atoms. The standard InChI is InChI=1S/C20H15ClF3N5O4S/c21-15-3-14(9(4-25)5-26-15)34-20-19(32)17(18(31)13(7-30)33-20)29-6-12(27-28-29)8-1-10(22)16(24)11(23)2-8/h1-3,5-6,13,17-20,30-32H,7H2. The first kappa shape index (κ1) is 24.4. The second-order valence-electron chi connectivity index (χ2n) is 7.27. The fraction of sp³-hybridized carbons (Fsp3) is 0.300. The predicted octanol–water partition coefficient (Wildman–Crippen LogP) is 2.05. The van der Waals surface area contributed by atoms with Gasteiger partial charge in [-0.15, -0.1) is 5.10 Å². The number of pyridine rings is 1. The number of hydrogen-bond donors (Lipinski definition) is 3. The van der Waals surface area contributed by atoms with Crippen molar-refractivity contribution in [3.8, 4) is 17.3 Å². The van der Waals surface area contributed by atoms with Crippen LogP contribution in [-0.4, -0.2) is 65.7 Å². The van der Waals surface area contributed by atoms with Gasteiger partial charge in [-0.05, 0) is 18.2 Å². The average Bonchev–Trinajstić information content (AvgIpc) is 3.29. The van der Waals surface area contributed by atoms with Crippen molar-refractivity contribution in [3.05, 3.63) is 58.8 Å². The maximum Gasteiger partial charge on any atom is 0.194 e. The fourth-order valence-electron chi connectivity index (χ4n) is 3.46. The highest BCUT2D eigenvalue weighted by Crippen LogP contribution is 2.39. The number of hydrogen-bond acceptors (Lipinski definition) is 9. The summed E-state index contributed by atoms with van der Waals surface area (Å²) in [6, 6.07) is 3.61. The third-order valence-electron chi connectivity index (χ3n) is 5.14. The molecule has 0 aliphatic carbocycles. The molecule has 9 nitrogen and oxygen atoms in total. The molecule has 2 aromatic heterocycles. The van der Waals surface area contributed by atoms with E-state index < -0.39 is 53.8 Å². The van der Waals surface area contributed by atoms with E-state index in [1.54, 1.807) is 0 Å². The second kappa shape index (κ2) is 9.87. The van der Waals surface area contributed by atoms with Gasteiger partial charge in [-0.1, -0.05) is 28.6 Å². The van der Waals surface area contributed by atoms with E-state index in [2.05, 4.69) is 15.3 Å². The third-order valence-corrected chi connectivity index (χ3v) is 6.56. The SMILES string of the molecule is N#Cc1cnc(Cl)cc1SC1OC(CO)C(O)C(n2cc(-c3cc(F)c(F)c(F)c3)nn2)C1O. The number of halogens is 4. The molecule has 178 valence electrons. The topological polar surface area (TPSA) is 137 Å². The zero-order chi connectivity index (χ0) is 24.6. The minimum atomic E-state index is -1.63. The highest BCUT2D eigenvalue weighted by Gasteiger charge is 2.46. The van der Waals surface area contributed by atoms with E-state index in [0.29, 0.717) is 4.90 Å². The number of aliphatic hydroxyl groups excluding tert-OH is 3. The van der Waals surface area contributed by atoms with E-state index in [1.807, 2.05) is 6.07 Å². The van der Waals surface area contributed by atoms with Crippen molar-refractivity contribution < 1.29 is 33.2 Å². The van der Waals surface area contributed by atoms with Crippen molar-refractivity contribution in [2.75, 3.05) is 6.61 Å². The molecule has 0 radical (unpaired) electrons. The maximum atomic E-state index is 13.6. The summed E-state index contributed by atoms with van der Waals surface area (Å²) in [6.45, 7) is -0.612. The van der Waals surface area contributed by atoms with Crippen LogP contribution in [0.25, 0.3) is 11.3 Å². The van der Waals surface area contributed by atoms with Crippen molar-refractivity contribution >= 4 is 23.4 Å². The molecule has 3 heterocycles. The van der Waals surface area contributed by atoms with Gasteiger partial charge in [-0.2, -0.15) is 5.26 Å². The van der Waals surface area contributed by atoms with Crippen LogP contribution in [0.5, 0.6) is 0 Å². The molecule has 3 N–H and O–H groups in total. The maximum absolute atomic E-state index is 13.6. The highest BCUT2D eigenvalue weighted by molar-refractivity contribution is 7.99. The lowest BCUT2D eigenvalue weighted by atomic mass is 9.97. The molecule has 1 aliphatic heterocycles. The first-order chi connectivity index (χ1) is 16.2. The molecule has 0 bridgehead atoms. The first-order valence-electron chi connectivity index (χ1n) is 9.65. The lowest BCUT2D eigenvalue weighted by Gasteiger charge is -2.41. The Morgan fingerprint density at radius 1 is 1.18 bits per heavy atom. The minimum absolute atomic E-state index is 0.0545. The van der Waals surface area contributed by atoms with Gasteiger partial charge in [-0.3, -0.25) is 0 Å².